The summed E-state index contributed by atoms with van der Waals surface area (Å²) in [5, 5.41) is 2.06. The molecular formula is C12H15FN2O5S. The Kier molecular flexibility index (Phi) is 5.39. The van der Waals surface area contributed by atoms with Crippen molar-refractivity contribution in [3.63, 3.8) is 0 Å². The molecule has 7 nitrogen and oxygen atoms in total. The predicted octanol–water partition coefficient (Wildman–Crippen LogP) is 0.0581. The summed E-state index contributed by atoms with van der Waals surface area (Å²) < 4.78 is 40.9. The van der Waals surface area contributed by atoms with Gasteiger partial charge in [-0.1, -0.05) is 0 Å². The van der Waals surface area contributed by atoms with Crippen LogP contribution < -0.4 is 11.1 Å². The van der Waals surface area contributed by atoms with Crippen LogP contribution in [0.4, 0.5) is 10.1 Å². The summed E-state index contributed by atoms with van der Waals surface area (Å²) in [6.07, 6.45) is 0.941. The fourth-order valence-electron chi connectivity index (χ4n) is 1.38. The molecule has 0 aliphatic heterocycles. The highest BCUT2D eigenvalue weighted by molar-refractivity contribution is 7.90. The van der Waals surface area contributed by atoms with E-state index in [0.717, 1.165) is 24.5 Å². The minimum absolute atomic E-state index is 0.0394. The van der Waals surface area contributed by atoms with Crippen LogP contribution in [0, 0.1) is 5.82 Å². The summed E-state index contributed by atoms with van der Waals surface area (Å²) in [4.78, 5) is 22.8. The topological polar surface area (TPSA) is 116 Å². The molecule has 1 unspecified atom stereocenters. The lowest BCUT2D eigenvalue weighted by atomic mass is 10.2. The highest BCUT2D eigenvalue weighted by Crippen LogP contribution is 2.19. The van der Waals surface area contributed by atoms with Gasteiger partial charge in [0, 0.05) is 6.26 Å². The summed E-state index contributed by atoms with van der Waals surface area (Å²) >= 11 is 0. The second kappa shape index (κ2) is 6.64. The molecule has 0 fully saturated rings. The maximum absolute atomic E-state index is 13.6. The number of amides is 1. The summed E-state index contributed by atoms with van der Waals surface area (Å²) in [6.45, 7) is 1.58. The first-order valence-electron chi connectivity index (χ1n) is 5.89. The Bertz CT molecular complexity index is 660. The van der Waals surface area contributed by atoms with E-state index in [4.69, 9.17) is 5.73 Å². The van der Waals surface area contributed by atoms with Crippen LogP contribution in [0.25, 0.3) is 0 Å². The molecule has 1 rings (SSSR count). The minimum atomic E-state index is -3.56. The Morgan fingerprint density at radius 2 is 2.05 bits per heavy atom. The Hall–Kier alpha value is -2.00. The number of hydrogen-bond donors (Lipinski definition) is 2. The Morgan fingerprint density at radius 3 is 2.57 bits per heavy atom. The van der Waals surface area contributed by atoms with E-state index in [9.17, 15) is 22.4 Å². The second-order valence-corrected chi connectivity index (χ2v) is 6.15. The number of carbonyl (C=O) groups excluding carboxylic acids is 2. The zero-order chi connectivity index (χ0) is 16.2. The number of ether oxygens (including phenoxy) is 1. The number of rotatable bonds is 5. The lowest BCUT2D eigenvalue weighted by Gasteiger charge is -2.12. The molecule has 0 aliphatic rings. The van der Waals surface area contributed by atoms with Crippen molar-refractivity contribution in [2.75, 3.05) is 18.2 Å². The maximum atomic E-state index is 13.6. The van der Waals surface area contributed by atoms with Gasteiger partial charge in [-0.2, -0.15) is 0 Å². The lowest BCUT2D eigenvalue weighted by molar-refractivity contribution is -0.146. The van der Waals surface area contributed by atoms with Gasteiger partial charge < -0.3 is 15.8 Å². The number of benzene rings is 1. The molecule has 116 valence electrons. The number of anilines is 1. The van der Waals surface area contributed by atoms with Crippen molar-refractivity contribution in [3.8, 4) is 0 Å². The van der Waals surface area contributed by atoms with E-state index in [1.807, 2.05) is 0 Å². The molecule has 1 aromatic rings. The van der Waals surface area contributed by atoms with E-state index in [0.29, 0.717) is 0 Å². The fraction of sp³-hybridized carbons (Fsp3) is 0.333. The van der Waals surface area contributed by atoms with Crippen molar-refractivity contribution < 1.29 is 27.1 Å². The van der Waals surface area contributed by atoms with Crippen LogP contribution in [0.2, 0.25) is 0 Å². The molecule has 1 amide bonds. The number of nitrogens with two attached hydrogens (primary N) is 1. The number of halogens is 1. The first-order chi connectivity index (χ1) is 9.66. The highest BCUT2D eigenvalue weighted by atomic mass is 32.2. The normalized spacial score (nSPS) is 12.6. The van der Waals surface area contributed by atoms with Gasteiger partial charge in [-0.05, 0) is 25.1 Å². The number of carbonyl (C=O) groups is 2. The molecule has 0 aliphatic carbocycles. The molecule has 3 N–H and O–H groups in total. The Morgan fingerprint density at radius 1 is 1.43 bits per heavy atom. The fourth-order valence-corrected chi connectivity index (χ4v) is 2.03. The van der Waals surface area contributed by atoms with Gasteiger partial charge in [0.2, 0.25) is 0 Å². The summed E-state index contributed by atoms with van der Waals surface area (Å²) in [5.74, 6) is -2.82. The van der Waals surface area contributed by atoms with Crippen LogP contribution >= 0.6 is 0 Å². The zero-order valence-corrected chi connectivity index (χ0v) is 12.2. The molecule has 9 heteroatoms. The average Bonchev–Trinajstić information content (AvgIpc) is 2.39. The molecule has 1 aromatic carbocycles. The van der Waals surface area contributed by atoms with Crippen molar-refractivity contribution in [1.29, 1.82) is 0 Å². The van der Waals surface area contributed by atoms with Gasteiger partial charge >= 0.3 is 5.97 Å². The molecule has 0 radical (unpaired) electrons. The van der Waals surface area contributed by atoms with Gasteiger partial charge in [0.25, 0.3) is 5.91 Å². The Labute approximate surface area is 121 Å². The van der Waals surface area contributed by atoms with Gasteiger partial charge in [-0.15, -0.1) is 0 Å². The predicted molar refractivity (Wildman–Crippen MR) is 72.7 cm³/mol. The third-order valence-corrected chi connectivity index (χ3v) is 3.56. The van der Waals surface area contributed by atoms with Crippen LogP contribution in [0.3, 0.4) is 0 Å². The smallest absolute Gasteiger partial charge is 0.332 e. The van der Waals surface area contributed by atoms with Crippen molar-refractivity contribution >= 4 is 27.4 Å². The standard InChI is InChI=1S/C12H15FN2O5S/c1-3-20-12(17)10(14)11(16)15-9-6-7(21(2,18)19)4-5-8(9)13/h4-6,10H,3,14H2,1-2H3,(H,15,16). The van der Waals surface area contributed by atoms with Crippen molar-refractivity contribution in [1.82, 2.24) is 0 Å². The lowest BCUT2D eigenvalue weighted by Crippen LogP contribution is -2.43. The number of esters is 1. The van der Waals surface area contributed by atoms with Crippen LogP contribution in [-0.2, 0) is 24.2 Å². The summed E-state index contributed by atoms with van der Waals surface area (Å²) in [7, 11) is -3.56. The largest absolute Gasteiger partial charge is 0.464 e. The van der Waals surface area contributed by atoms with Gasteiger partial charge in [-0.3, -0.25) is 4.79 Å². The molecule has 1 atom stereocenters. The highest BCUT2D eigenvalue weighted by Gasteiger charge is 2.24. The molecule has 0 aromatic heterocycles. The second-order valence-electron chi connectivity index (χ2n) is 4.13. The first kappa shape index (κ1) is 17.1. The maximum Gasteiger partial charge on any atom is 0.332 e. The number of nitrogens with one attached hydrogen (secondary N) is 1. The molecule has 0 bridgehead atoms. The molecule has 0 saturated carbocycles. The van der Waals surface area contributed by atoms with Crippen molar-refractivity contribution in [2.24, 2.45) is 5.73 Å². The van der Waals surface area contributed by atoms with Crippen molar-refractivity contribution in [2.45, 2.75) is 17.9 Å². The van der Waals surface area contributed by atoms with E-state index in [1.54, 1.807) is 0 Å². The number of hydrogen-bond acceptors (Lipinski definition) is 6. The van der Waals surface area contributed by atoms with Crippen LogP contribution in [-0.4, -0.2) is 39.2 Å². The molecule has 0 spiro atoms. The van der Waals surface area contributed by atoms with Gasteiger partial charge in [0.05, 0.1) is 17.2 Å². The van der Waals surface area contributed by atoms with E-state index < -0.39 is 33.6 Å². The average molecular weight is 318 g/mol. The first-order valence-corrected chi connectivity index (χ1v) is 7.78. The molecule has 21 heavy (non-hydrogen) atoms. The summed E-state index contributed by atoms with van der Waals surface area (Å²) in [5.41, 5.74) is 4.95. The van der Waals surface area contributed by atoms with Crippen LogP contribution in [0.5, 0.6) is 0 Å². The van der Waals surface area contributed by atoms with Crippen LogP contribution in [0.1, 0.15) is 6.92 Å². The molecule has 0 saturated heterocycles. The quantitative estimate of drug-likeness (QED) is 0.450. The van der Waals surface area contributed by atoms with Gasteiger partial charge in [-0.25, -0.2) is 17.6 Å². The third kappa shape index (κ3) is 4.50. The summed E-state index contributed by atoms with van der Waals surface area (Å²) in [6, 6.07) is 1.26. The van der Waals surface area contributed by atoms with Crippen molar-refractivity contribution in [3.05, 3.63) is 24.0 Å². The third-order valence-electron chi connectivity index (χ3n) is 2.45. The molecule has 0 heterocycles. The zero-order valence-electron chi connectivity index (χ0n) is 11.4. The van der Waals surface area contributed by atoms with Gasteiger partial charge in [0.1, 0.15) is 5.82 Å². The van der Waals surface area contributed by atoms with E-state index in [1.165, 1.54) is 6.92 Å². The van der Waals surface area contributed by atoms with E-state index in [2.05, 4.69) is 10.1 Å². The SMILES string of the molecule is CCOC(=O)C(N)C(=O)Nc1cc(S(C)(=O)=O)ccc1F. The monoisotopic (exact) mass is 318 g/mol. The van der Waals surface area contributed by atoms with Crippen LogP contribution in [0.15, 0.2) is 23.1 Å². The van der Waals surface area contributed by atoms with E-state index in [-0.39, 0.29) is 17.2 Å². The van der Waals surface area contributed by atoms with Gasteiger partial charge in [0.15, 0.2) is 15.9 Å². The van der Waals surface area contributed by atoms with E-state index >= 15 is 0 Å². The Balaban J connectivity index is 2.97. The minimum Gasteiger partial charge on any atom is -0.464 e. The molecular weight excluding hydrogens is 303 g/mol. The number of sulfone groups is 1.